The number of rotatable bonds is 7. The van der Waals surface area contributed by atoms with Crippen LogP contribution in [0.3, 0.4) is 0 Å². The maximum absolute atomic E-state index is 12.3. The van der Waals surface area contributed by atoms with E-state index in [1.165, 1.54) is 0 Å². The van der Waals surface area contributed by atoms with Gasteiger partial charge in [0.2, 0.25) is 0 Å². The first-order valence-corrected chi connectivity index (χ1v) is 6.31. The van der Waals surface area contributed by atoms with Gasteiger partial charge in [0.1, 0.15) is 5.75 Å². The molecule has 0 unspecified atom stereocenters. The Hall–Kier alpha value is -1.69. The standard InChI is InChI=1S/C14H19F2NO3/c1-10-3-4-12(7-11(10)2)20-9-14(19)17(5-6-18)8-13(15)16/h3-4,7,13,18H,5-6,8-9H2,1-2H3. The van der Waals surface area contributed by atoms with Gasteiger partial charge >= 0.3 is 0 Å². The molecule has 1 rings (SSSR count). The third-order valence-corrected chi connectivity index (χ3v) is 2.92. The first-order chi connectivity index (χ1) is 9.43. The topological polar surface area (TPSA) is 49.8 Å². The number of aryl methyl sites for hydroxylation is 2. The molecule has 6 heteroatoms. The molecule has 1 aromatic rings. The van der Waals surface area contributed by atoms with Crippen molar-refractivity contribution in [2.45, 2.75) is 20.3 Å². The van der Waals surface area contributed by atoms with Crippen LogP contribution in [0.2, 0.25) is 0 Å². The highest BCUT2D eigenvalue weighted by Gasteiger charge is 2.18. The Morgan fingerprint density at radius 2 is 2.05 bits per heavy atom. The first-order valence-electron chi connectivity index (χ1n) is 6.31. The number of alkyl halides is 2. The minimum absolute atomic E-state index is 0.126. The zero-order valence-electron chi connectivity index (χ0n) is 11.6. The summed E-state index contributed by atoms with van der Waals surface area (Å²) in [6, 6.07) is 5.37. The molecule has 0 spiro atoms. The number of carbonyl (C=O) groups excluding carboxylic acids is 1. The lowest BCUT2D eigenvalue weighted by Crippen LogP contribution is -2.40. The van der Waals surface area contributed by atoms with E-state index in [0.29, 0.717) is 5.75 Å². The van der Waals surface area contributed by atoms with E-state index in [4.69, 9.17) is 9.84 Å². The number of hydrogen-bond donors (Lipinski definition) is 1. The Morgan fingerprint density at radius 1 is 1.35 bits per heavy atom. The van der Waals surface area contributed by atoms with Gasteiger partial charge in [0.05, 0.1) is 13.2 Å². The molecule has 0 heterocycles. The van der Waals surface area contributed by atoms with Crippen molar-refractivity contribution in [1.29, 1.82) is 0 Å². The summed E-state index contributed by atoms with van der Waals surface area (Å²) in [5.74, 6) is -0.0555. The molecule has 20 heavy (non-hydrogen) atoms. The maximum Gasteiger partial charge on any atom is 0.260 e. The number of carbonyl (C=O) groups is 1. The predicted octanol–water partition coefficient (Wildman–Crippen LogP) is 1.77. The molecule has 0 aromatic heterocycles. The van der Waals surface area contributed by atoms with Gasteiger partial charge in [-0.15, -0.1) is 0 Å². The van der Waals surface area contributed by atoms with Crippen molar-refractivity contribution in [2.75, 3.05) is 26.3 Å². The van der Waals surface area contributed by atoms with Crippen LogP contribution >= 0.6 is 0 Å². The Labute approximate surface area is 117 Å². The van der Waals surface area contributed by atoms with Crippen LogP contribution in [0.15, 0.2) is 18.2 Å². The smallest absolute Gasteiger partial charge is 0.260 e. The Morgan fingerprint density at radius 3 is 2.60 bits per heavy atom. The van der Waals surface area contributed by atoms with Crippen molar-refractivity contribution in [1.82, 2.24) is 4.90 Å². The minimum atomic E-state index is -2.63. The number of nitrogens with zero attached hydrogens (tertiary/aromatic N) is 1. The highest BCUT2D eigenvalue weighted by molar-refractivity contribution is 5.77. The second-order valence-electron chi connectivity index (χ2n) is 4.49. The van der Waals surface area contributed by atoms with E-state index < -0.39 is 18.9 Å². The molecule has 1 amide bonds. The molecule has 1 aromatic carbocycles. The summed E-state index contributed by atoms with van der Waals surface area (Å²) < 4.78 is 29.9. The van der Waals surface area contributed by atoms with Crippen LogP contribution in [0.1, 0.15) is 11.1 Å². The van der Waals surface area contributed by atoms with Crippen LogP contribution < -0.4 is 4.74 Å². The van der Waals surface area contributed by atoms with Crippen molar-refractivity contribution in [3.63, 3.8) is 0 Å². The summed E-state index contributed by atoms with van der Waals surface area (Å²) in [7, 11) is 0. The summed E-state index contributed by atoms with van der Waals surface area (Å²) in [5, 5.41) is 8.77. The number of amides is 1. The van der Waals surface area contributed by atoms with E-state index in [0.717, 1.165) is 16.0 Å². The van der Waals surface area contributed by atoms with Crippen LogP contribution in [-0.2, 0) is 4.79 Å². The van der Waals surface area contributed by atoms with Crippen molar-refractivity contribution in [3.05, 3.63) is 29.3 Å². The average Bonchev–Trinajstić information content (AvgIpc) is 2.39. The molecular weight excluding hydrogens is 268 g/mol. The highest BCUT2D eigenvalue weighted by atomic mass is 19.3. The Kier molecular flexibility index (Phi) is 6.38. The zero-order chi connectivity index (χ0) is 15.1. The van der Waals surface area contributed by atoms with Gasteiger partial charge in [-0.2, -0.15) is 0 Å². The number of ether oxygens (including phenoxy) is 1. The summed E-state index contributed by atoms with van der Waals surface area (Å²) >= 11 is 0. The number of aliphatic hydroxyl groups excluding tert-OH is 1. The molecule has 0 aliphatic rings. The number of aliphatic hydroxyl groups is 1. The number of halogens is 2. The average molecular weight is 287 g/mol. The predicted molar refractivity (Wildman–Crippen MR) is 71.1 cm³/mol. The van der Waals surface area contributed by atoms with Crippen molar-refractivity contribution in [3.8, 4) is 5.75 Å². The van der Waals surface area contributed by atoms with Crippen molar-refractivity contribution >= 4 is 5.91 Å². The molecule has 112 valence electrons. The van der Waals surface area contributed by atoms with E-state index in [1.807, 2.05) is 19.9 Å². The van der Waals surface area contributed by atoms with Crippen molar-refractivity contribution < 1.29 is 23.4 Å². The molecule has 0 aliphatic carbocycles. The highest BCUT2D eigenvalue weighted by Crippen LogP contribution is 2.16. The number of benzene rings is 1. The summed E-state index contributed by atoms with van der Waals surface area (Å²) in [6.07, 6.45) is -2.63. The molecular formula is C14H19F2NO3. The molecule has 0 fully saturated rings. The fourth-order valence-electron chi connectivity index (χ4n) is 1.65. The monoisotopic (exact) mass is 287 g/mol. The minimum Gasteiger partial charge on any atom is -0.484 e. The van der Waals surface area contributed by atoms with Gasteiger partial charge in [-0.05, 0) is 37.1 Å². The largest absolute Gasteiger partial charge is 0.484 e. The van der Waals surface area contributed by atoms with Crippen LogP contribution in [0.4, 0.5) is 8.78 Å². The molecule has 0 atom stereocenters. The lowest BCUT2D eigenvalue weighted by Gasteiger charge is -2.21. The SMILES string of the molecule is Cc1ccc(OCC(=O)N(CCO)CC(F)F)cc1C. The summed E-state index contributed by atoms with van der Waals surface area (Å²) in [5.41, 5.74) is 2.12. The Balaban J connectivity index is 2.57. The molecule has 0 saturated heterocycles. The molecule has 4 nitrogen and oxygen atoms in total. The third kappa shape index (κ3) is 5.13. The van der Waals surface area contributed by atoms with E-state index >= 15 is 0 Å². The van der Waals surface area contributed by atoms with Gasteiger partial charge in [-0.3, -0.25) is 4.79 Å². The normalized spacial score (nSPS) is 10.7. The molecule has 0 radical (unpaired) electrons. The maximum atomic E-state index is 12.3. The molecule has 0 bridgehead atoms. The first kappa shape index (κ1) is 16.4. The van der Waals surface area contributed by atoms with E-state index in [2.05, 4.69) is 0 Å². The van der Waals surface area contributed by atoms with Gasteiger partial charge in [-0.25, -0.2) is 8.78 Å². The second kappa shape index (κ2) is 7.79. The van der Waals surface area contributed by atoms with E-state index in [1.54, 1.807) is 12.1 Å². The zero-order valence-corrected chi connectivity index (χ0v) is 11.6. The molecule has 0 saturated carbocycles. The second-order valence-corrected chi connectivity index (χ2v) is 4.49. The lowest BCUT2D eigenvalue weighted by molar-refractivity contribution is -0.135. The Bertz CT molecular complexity index is 452. The fourth-order valence-corrected chi connectivity index (χ4v) is 1.65. The van der Waals surface area contributed by atoms with E-state index in [-0.39, 0.29) is 19.8 Å². The van der Waals surface area contributed by atoms with Gasteiger partial charge in [0.15, 0.2) is 6.61 Å². The van der Waals surface area contributed by atoms with E-state index in [9.17, 15) is 13.6 Å². The van der Waals surface area contributed by atoms with Crippen LogP contribution in [0.5, 0.6) is 5.75 Å². The van der Waals surface area contributed by atoms with Crippen molar-refractivity contribution in [2.24, 2.45) is 0 Å². The fraction of sp³-hybridized carbons (Fsp3) is 0.500. The quantitative estimate of drug-likeness (QED) is 0.831. The molecule has 0 aliphatic heterocycles. The number of hydrogen-bond acceptors (Lipinski definition) is 3. The summed E-state index contributed by atoms with van der Waals surface area (Å²) in [4.78, 5) is 12.6. The third-order valence-electron chi connectivity index (χ3n) is 2.92. The molecule has 1 N–H and O–H groups in total. The van der Waals surface area contributed by atoms with Crippen LogP contribution in [-0.4, -0.2) is 48.6 Å². The van der Waals surface area contributed by atoms with Crippen LogP contribution in [0, 0.1) is 13.8 Å². The van der Waals surface area contributed by atoms with Gasteiger partial charge in [0, 0.05) is 6.54 Å². The van der Waals surface area contributed by atoms with Gasteiger partial charge in [-0.1, -0.05) is 6.07 Å². The van der Waals surface area contributed by atoms with Gasteiger partial charge in [0.25, 0.3) is 12.3 Å². The summed E-state index contributed by atoms with van der Waals surface area (Å²) in [6.45, 7) is 2.36. The lowest BCUT2D eigenvalue weighted by atomic mass is 10.1. The van der Waals surface area contributed by atoms with Gasteiger partial charge < -0.3 is 14.7 Å². The van der Waals surface area contributed by atoms with Crippen LogP contribution in [0.25, 0.3) is 0 Å².